The van der Waals surface area contributed by atoms with Crippen molar-refractivity contribution in [3.63, 3.8) is 0 Å². The van der Waals surface area contributed by atoms with Gasteiger partial charge in [0.2, 0.25) is 5.91 Å². The second kappa shape index (κ2) is 9.36. The summed E-state index contributed by atoms with van der Waals surface area (Å²) in [4.78, 5) is 11.9. The molecule has 0 fully saturated rings. The molecule has 1 amide bonds. The fourth-order valence-electron chi connectivity index (χ4n) is 2.26. The van der Waals surface area contributed by atoms with Crippen LogP contribution < -0.4 is 14.8 Å². The molecular formula is C18H18BrF2NO3. The van der Waals surface area contributed by atoms with Gasteiger partial charge in [-0.25, -0.2) is 0 Å². The topological polar surface area (TPSA) is 47.6 Å². The van der Waals surface area contributed by atoms with E-state index in [9.17, 15) is 13.6 Å². The van der Waals surface area contributed by atoms with Crippen molar-refractivity contribution in [1.29, 1.82) is 0 Å². The minimum atomic E-state index is -2.92. The summed E-state index contributed by atoms with van der Waals surface area (Å²) in [5.74, 6) is 0.124. The van der Waals surface area contributed by atoms with Crippen molar-refractivity contribution in [2.45, 2.75) is 19.5 Å². The average Bonchev–Trinajstić information content (AvgIpc) is 2.57. The third-order valence-corrected chi connectivity index (χ3v) is 3.99. The first-order valence-electron chi connectivity index (χ1n) is 7.61. The van der Waals surface area contributed by atoms with Gasteiger partial charge in [0.15, 0.2) is 11.5 Å². The van der Waals surface area contributed by atoms with Crippen LogP contribution in [0.25, 0.3) is 0 Å². The lowest BCUT2D eigenvalue weighted by Gasteiger charge is -2.12. The fourth-order valence-corrected chi connectivity index (χ4v) is 2.53. The van der Waals surface area contributed by atoms with Crippen LogP contribution in [0.3, 0.4) is 0 Å². The second-order valence-electron chi connectivity index (χ2n) is 5.27. The summed E-state index contributed by atoms with van der Waals surface area (Å²) in [7, 11) is 1.38. The van der Waals surface area contributed by atoms with Gasteiger partial charge < -0.3 is 14.8 Å². The Labute approximate surface area is 153 Å². The Balaban J connectivity index is 1.86. The Kier molecular flexibility index (Phi) is 7.18. The summed E-state index contributed by atoms with van der Waals surface area (Å²) < 4.78 is 35.2. The standard InChI is InChI=1S/C18H18BrF2NO3/c1-24-15-7-4-13(10-16(15)25-18(20)21)8-9-22-17(23)11-12-2-5-14(19)6-3-12/h2-7,10,18H,8-9,11H2,1H3,(H,22,23). The summed E-state index contributed by atoms with van der Waals surface area (Å²) in [5.41, 5.74) is 1.68. The number of hydrogen-bond acceptors (Lipinski definition) is 3. The van der Waals surface area contributed by atoms with Gasteiger partial charge in [-0.05, 0) is 41.8 Å². The fraction of sp³-hybridized carbons (Fsp3) is 0.278. The number of nitrogens with one attached hydrogen (secondary N) is 1. The Bertz CT molecular complexity index is 708. The number of benzene rings is 2. The van der Waals surface area contributed by atoms with Crippen LogP contribution in [0.5, 0.6) is 11.5 Å². The summed E-state index contributed by atoms with van der Waals surface area (Å²) >= 11 is 3.34. The lowest BCUT2D eigenvalue weighted by Crippen LogP contribution is -2.27. The SMILES string of the molecule is COc1ccc(CCNC(=O)Cc2ccc(Br)cc2)cc1OC(F)F. The Morgan fingerprint density at radius 2 is 1.80 bits per heavy atom. The molecule has 2 rings (SSSR count). The lowest BCUT2D eigenvalue weighted by molar-refractivity contribution is -0.120. The Morgan fingerprint density at radius 1 is 1.12 bits per heavy atom. The zero-order valence-corrected chi connectivity index (χ0v) is 15.2. The number of carbonyl (C=O) groups excluding carboxylic acids is 1. The molecule has 0 radical (unpaired) electrons. The Hall–Kier alpha value is -2.15. The quantitative estimate of drug-likeness (QED) is 0.712. The van der Waals surface area contributed by atoms with Crippen LogP contribution in [-0.2, 0) is 17.6 Å². The number of alkyl halides is 2. The first-order valence-corrected chi connectivity index (χ1v) is 8.40. The van der Waals surface area contributed by atoms with E-state index in [0.717, 1.165) is 15.6 Å². The molecule has 0 unspecified atom stereocenters. The highest BCUT2D eigenvalue weighted by Crippen LogP contribution is 2.29. The molecule has 0 heterocycles. The van der Waals surface area contributed by atoms with Crippen LogP contribution in [-0.4, -0.2) is 26.2 Å². The van der Waals surface area contributed by atoms with Gasteiger partial charge >= 0.3 is 6.61 Å². The van der Waals surface area contributed by atoms with Crippen LogP contribution in [0, 0.1) is 0 Å². The molecule has 0 aliphatic carbocycles. The van der Waals surface area contributed by atoms with Crippen LogP contribution in [0.2, 0.25) is 0 Å². The first-order chi connectivity index (χ1) is 12.0. The van der Waals surface area contributed by atoms with Crippen LogP contribution in [0.4, 0.5) is 8.78 Å². The maximum atomic E-state index is 12.4. The molecule has 0 spiro atoms. The van der Waals surface area contributed by atoms with E-state index in [1.807, 2.05) is 24.3 Å². The molecule has 0 aliphatic heterocycles. The molecule has 4 nitrogen and oxygen atoms in total. The predicted molar refractivity (Wildman–Crippen MR) is 94.2 cm³/mol. The monoisotopic (exact) mass is 413 g/mol. The van der Waals surface area contributed by atoms with E-state index in [4.69, 9.17) is 4.74 Å². The summed E-state index contributed by atoms with van der Waals surface area (Å²) in [6.45, 7) is -2.52. The molecule has 0 saturated heterocycles. The van der Waals surface area contributed by atoms with Gasteiger partial charge in [0.1, 0.15) is 0 Å². The van der Waals surface area contributed by atoms with Crippen LogP contribution in [0.15, 0.2) is 46.9 Å². The summed E-state index contributed by atoms with van der Waals surface area (Å²) in [6.07, 6.45) is 0.783. The van der Waals surface area contributed by atoms with Crippen LogP contribution in [0.1, 0.15) is 11.1 Å². The number of methoxy groups -OCH3 is 1. The molecule has 134 valence electrons. The number of halogens is 3. The lowest BCUT2D eigenvalue weighted by atomic mass is 10.1. The van der Waals surface area contributed by atoms with Crippen molar-refractivity contribution < 1.29 is 23.0 Å². The van der Waals surface area contributed by atoms with Gasteiger partial charge in [0.05, 0.1) is 13.5 Å². The van der Waals surface area contributed by atoms with E-state index >= 15 is 0 Å². The van der Waals surface area contributed by atoms with E-state index in [-0.39, 0.29) is 23.8 Å². The van der Waals surface area contributed by atoms with Crippen molar-refractivity contribution >= 4 is 21.8 Å². The number of amides is 1. The zero-order chi connectivity index (χ0) is 18.2. The molecule has 2 aromatic carbocycles. The van der Waals surface area contributed by atoms with Crippen molar-refractivity contribution in [3.05, 3.63) is 58.1 Å². The molecule has 2 aromatic rings. The highest BCUT2D eigenvalue weighted by molar-refractivity contribution is 9.10. The number of ether oxygens (including phenoxy) is 2. The molecule has 1 N–H and O–H groups in total. The highest BCUT2D eigenvalue weighted by Gasteiger charge is 2.11. The summed E-state index contributed by atoms with van der Waals surface area (Å²) in [6, 6.07) is 12.3. The Morgan fingerprint density at radius 3 is 2.44 bits per heavy atom. The molecule has 0 bridgehead atoms. The highest BCUT2D eigenvalue weighted by atomic mass is 79.9. The third-order valence-electron chi connectivity index (χ3n) is 3.46. The van der Waals surface area contributed by atoms with E-state index in [2.05, 4.69) is 26.0 Å². The molecule has 7 heteroatoms. The number of rotatable bonds is 8. The summed E-state index contributed by atoms with van der Waals surface area (Å²) in [5, 5.41) is 2.81. The number of carbonyl (C=O) groups is 1. The molecule has 0 aromatic heterocycles. The molecule has 0 aliphatic rings. The molecule has 0 atom stereocenters. The van der Waals surface area contributed by atoms with Gasteiger partial charge in [-0.2, -0.15) is 8.78 Å². The first kappa shape index (κ1) is 19.2. The van der Waals surface area contributed by atoms with Crippen molar-refractivity contribution in [1.82, 2.24) is 5.32 Å². The maximum absolute atomic E-state index is 12.4. The molecule has 0 saturated carbocycles. The van der Waals surface area contributed by atoms with E-state index in [1.165, 1.54) is 13.2 Å². The largest absolute Gasteiger partial charge is 0.493 e. The van der Waals surface area contributed by atoms with Gasteiger partial charge in [-0.3, -0.25) is 4.79 Å². The van der Waals surface area contributed by atoms with Gasteiger partial charge in [-0.15, -0.1) is 0 Å². The van der Waals surface area contributed by atoms with E-state index in [1.54, 1.807) is 12.1 Å². The third kappa shape index (κ3) is 6.34. The van der Waals surface area contributed by atoms with Gasteiger partial charge in [-0.1, -0.05) is 34.1 Å². The molecular weight excluding hydrogens is 396 g/mol. The average molecular weight is 414 g/mol. The van der Waals surface area contributed by atoms with E-state index in [0.29, 0.717) is 13.0 Å². The van der Waals surface area contributed by atoms with Gasteiger partial charge in [0, 0.05) is 11.0 Å². The molecule has 25 heavy (non-hydrogen) atoms. The van der Waals surface area contributed by atoms with Gasteiger partial charge in [0.25, 0.3) is 0 Å². The maximum Gasteiger partial charge on any atom is 0.387 e. The zero-order valence-electron chi connectivity index (χ0n) is 13.6. The minimum absolute atomic E-state index is 0.0174. The second-order valence-corrected chi connectivity index (χ2v) is 6.18. The minimum Gasteiger partial charge on any atom is -0.493 e. The van der Waals surface area contributed by atoms with Crippen molar-refractivity contribution in [2.24, 2.45) is 0 Å². The van der Waals surface area contributed by atoms with Crippen molar-refractivity contribution in [3.8, 4) is 11.5 Å². The number of hydrogen-bond donors (Lipinski definition) is 1. The van der Waals surface area contributed by atoms with Crippen molar-refractivity contribution in [2.75, 3.05) is 13.7 Å². The predicted octanol–water partition coefficient (Wildman–Crippen LogP) is 3.96. The normalized spacial score (nSPS) is 10.6. The van der Waals surface area contributed by atoms with E-state index < -0.39 is 6.61 Å². The smallest absolute Gasteiger partial charge is 0.387 e. The van der Waals surface area contributed by atoms with Crippen LogP contribution >= 0.6 is 15.9 Å².